The largest absolute Gasteiger partial charge is 0.444 e. The molecule has 0 bridgehead atoms. The first-order chi connectivity index (χ1) is 18.3. The molecular weight excluding hydrogens is 490 g/mol. The molecular formula is C32H45N3O4. The minimum absolute atomic E-state index is 0.0984. The first-order valence-electron chi connectivity index (χ1n) is 14.1. The Bertz CT molecular complexity index is 1140. The topological polar surface area (TPSA) is 87.7 Å². The van der Waals surface area contributed by atoms with E-state index in [0.29, 0.717) is 0 Å². The third kappa shape index (κ3) is 7.61. The van der Waals surface area contributed by atoms with Gasteiger partial charge in [-0.2, -0.15) is 0 Å². The van der Waals surface area contributed by atoms with Crippen molar-refractivity contribution in [1.29, 1.82) is 0 Å². The number of nitrogens with zero attached hydrogens (tertiary/aromatic N) is 1. The van der Waals surface area contributed by atoms with Crippen molar-refractivity contribution in [2.24, 2.45) is 5.92 Å². The van der Waals surface area contributed by atoms with Crippen LogP contribution in [0.15, 0.2) is 42.5 Å². The number of amides is 3. The summed E-state index contributed by atoms with van der Waals surface area (Å²) in [5.74, 6) is -0.754. The van der Waals surface area contributed by atoms with Gasteiger partial charge in [0.1, 0.15) is 17.7 Å². The Morgan fingerprint density at radius 3 is 2.05 bits per heavy atom. The quantitative estimate of drug-likeness (QED) is 0.385. The van der Waals surface area contributed by atoms with E-state index in [0.717, 1.165) is 53.6 Å². The minimum Gasteiger partial charge on any atom is -0.444 e. The Balaban J connectivity index is 2.05. The van der Waals surface area contributed by atoms with E-state index in [9.17, 15) is 14.4 Å². The summed E-state index contributed by atoms with van der Waals surface area (Å²) in [4.78, 5) is 42.9. The Morgan fingerprint density at radius 1 is 1.00 bits per heavy atom. The van der Waals surface area contributed by atoms with E-state index in [2.05, 4.69) is 17.6 Å². The van der Waals surface area contributed by atoms with Crippen molar-refractivity contribution in [1.82, 2.24) is 10.2 Å². The molecule has 1 aliphatic carbocycles. The maximum atomic E-state index is 14.3. The average Bonchev–Trinajstić information content (AvgIpc) is 2.82. The van der Waals surface area contributed by atoms with E-state index in [-0.39, 0.29) is 23.8 Å². The number of carbonyl (C=O) groups excluding carboxylic acids is 3. The zero-order chi connectivity index (χ0) is 28.9. The van der Waals surface area contributed by atoms with E-state index < -0.39 is 23.8 Å². The Labute approximate surface area is 233 Å². The summed E-state index contributed by atoms with van der Waals surface area (Å²) in [5, 5.41) is 5.94. The smallest absolute Gasteiger partial charge is 0.408 e. The first-order valence-corrected chi connectivity index (χ1v) is 14.1. The molecule has 3 amide bonds. The standard InChI is InChI=1S/C32H45N3O4/c1-9-23-16-18-24(19-17-23)28(29(36)33-27-21(4)12-10-13-22(27)5)35(25-14-11-15-25)30(37)26(20(2)3)34-31(38)39-32(6,7)8/h10,12-13,16-20,25-26,28H,9,11,14-15H2,1-8H3,(H,33,36)(H,34,38). The lowest BCUT2D eigenvalue weighted by atomic mass is 9.87. The van der Waals surface area contributed by atoms with Gasteiger partial charge in [-0.05, 0) is 88.5 Å². The molecule has 0 saturated heterocycles. The number of benzene rings is 2. The molecule has 39 heavy (non-hydrogen) atoms. The molecule has 0 spiro atoms. The maximum absolute atomic E-state index is 14.3. The molecule has 2 atom stereocenters. The molecule has 1 aliphatic rings. The van der Waals surface area contributed by atoms with Crippen molar-refractivity contribution >= 4 is 23.6 Å². The molecule has 0 heterocycles. The van der Waals surface area contributed by atoms with Crippen LogP contribution in [-0.4, -0.2) is 40.5 Å². The molecule has 0 radical (unpaired) electrons. The van der Waals surface area contributed by atoms with E-state index >= 15 is 0 Å². The van der Waals surface area contributed by atoms with Gasteiger partial charge >= 0.3 is 6.09 Å². The summed E-state index contributed by atoms with van der Waals surface area (Å²) in [5.41, 5.74) is 3.87. The summed E-state index contributed by atoms with van der Waals surface area (Å²) in [6.45, 7) is 15.1. The number of ether oxygens (including phenoxy) is 1. The zero-order valence-corrected chi connectivity index (χ0v) is 24.8. The number of nitrogens with one attached hydrogen (secondary N) is 2. The second-order valence-electron chi connectivity index (χ2n) is 12.0. The first kappa shape index (κ1) is 30.2. The summed E-state index contributed by atoms with van der Waals surface area (Å²) in [6, 6.07) is 12.0. The van der Waals surface area contributed by atoms with Crippen molar-refractivity contribution in [3.63, 3.8) is 0 Å². The number of anilines is 1. The van der Waals surface area contributed by atoms with E-state index in [1.807, 2.05) is 70.2 Å². The number of hydrogen-bond donors (Lipinski definition) is 2. The summed E-state index contributed by atoms with van der Waals surface area (Å²) in [7, 11) is 0. The number of alkyl carbamates (subject to hydrolysis) is 1. The predicted molar refractivity (Wildman–Crippen MR) is 156 cm³/mol. The average molecular weight is 536 g/mol. The third-order valence-electron chi connectivity index (χ3n) is 7.29. The molecule has 7 heteroatoms. The zero-order valence-electron chi connectivity index (χ0n) is 24.8. The van der Waals surface area contributed by atoms with Crippen LogP contribution in [0.1, 0.15) is 89.1 Å². The molecule has 2 unspecified atom stereocenters. The molecule has 7 nitrogen and oxygen atoms in total. The van der Waals surface area contributed by atoms with Crippen LogP contribution in [0.5, 0.6) is 0 Å². The predicted octanol–water partition coefficient (Wildman–Crippen LogP) is 6.48. The van der Waals surface area contributed by atoms with Crippen LogP contribution >= 0.6 is 0 Å². The molecule has 3 rings (SSSR count). The third-order valence-corrected chi connectivity index (χ3v) is 7.29. The Kier molecular flexibility index (Phi) is 9.81. The normalized spacial score (nSPS) is 15.2. The maximum Gasteiger partial charge on any atom is 0.408 e. The van der Waals surface area contributed by atoms with Crippen molar-refractivity contribution in [2.45, 2.75) is 105 Å². The van der Waals surface area contributed by atoms with Crippen LogP contribution < -0.4 is 10.6 Å². The summed E-state index contributed by atoms with van der Waals surface area (Å²) in [6.07, 6.45) is 2.83. The highest BCUT2D eigenvalue weighted by Crippen LogP contribution is 2.35. The van der Waals surface area contributed by atoms with Crippen LogP contribution in [0.3, 0.4) is 0 Å². The Hall–Kier alpha value is -3.35. The van der Waals surface area contributed by atoms with Crippen LogP contribution in [0.4, 0.5) is 10.5 Å². The summed E-state index contributed by atoms with van der Waals surface area (Å²) < 4.78 is 5.47. The van der Waals surface area contributed by atoms with Gasteiger partial charge in [-0.3, -0.25) is 9.59 Å². The molecule has 1 fully saturated rings. The fourth-order valence-corrected chi connectivity index (χ4v) is 4.87. The molecule has 2 aromatic carbocycles. The van der Waals surface area contributed by atoms with Crippen molar-refractivity contribution in [3.05, 3.63) is 64.7 Å². The lowest BCUT2D eigenvalue weighted by Crippen LogP contribution is -2.58. The van der Waals surface area contributed by atoms with Crippen LogP contribution in [0.25, 0.3) is 0 Å². The molecule has 212 valence electrons. The van der Waals surface area contributed by atoms with Gasteiger partial charge in [0.2, 0.25) is 5.91 Å². The molecule has 0 aliphatic heterocycles. The lowest BCUT2D eigenvalue weighted by molar-refractivity contribution is -0.146. The van der Waals surface area contributed by atoms with Crippen LogP contribution in [0.2, 0.25) is 0 Å². The fourth-order valence-electron chi connectivity index (χ4n) is 4.87. The Morgan fingerprint density at radius 2 is 1.59 bits per heavy atom. The monoisotopic (exact) mass is 535 g/mol. The van der Waals surface area contributed by atoms with Gasteiger partial charge in [-0.15, -0.1) is 0 Å². The highest BCUT2D eigenvalue weighted by atomic mass is 16.6. The number of carbonyl (C=O) groups is 3. The van der Waals surface area contributed by atoms with Gasteiger partial charge < -0.3 is 20.3 Å². The molecule has 1 saturated carbocycles. The number of para-hydroxylation sites is 1. The van der Waals surface area contributed by atoms with Crippen molar-refractivity contribution in [2.75, 3.05) is 5.32 Å². The number of hydrogen-bond acceptors (Lipinski definition) is 4. The second kappa shape index (κ2) is 12.7. The fraction of sp³-hybridized carbons (Fsp3) is 0.531. The highest BCUT2D eigenvalue weighted by Gasteiger charge is 2.43. The number of aryl methyl sites for hydroxylation is 3. The lowest BCUT2D eigenvalue weighted by Gasteiger charge is -2.44. The van der Waals surface area contributed by atoms with E-state index in [1.54, 1.807) is 25.7 Å². The summed E-state index contributed by atoms with van der Waals surface area (Å²) >= 11 is 0. The van der Waals surface area contributed by atoms with E-state index in [1.165, 1.54) is 0 Å². The van der Waals surface area contributed by atoms with Crippen molar-refractivity contribution < 1.29 is 19.1 Å². The molecule has 0 aromatic heterocycles. The molecule has 2 N–H and O–H groups in total. The van der Waals surface area contributed by atoms with Crippen LogP contribution in [0, 0.1) is 19.8 Å². The minimum atomic E-state index is -0.852. The van der Waals surface area contributed by atoms with Crippen LogP contribution in [-0.2, 0) is 20.7 Å². The van der Waals surface area contributed by atoms with Gasteiger partial charge in [0.05, 0.1) is 0 Å². The van der Waals surface area contributed by atoms with Gasteiger partial charge in [0.15, 0.2) is 0 Å². The SMILES string of the molecule is CCc1ccc(C(C(=O)Nc2c(C)cccc2C)N(C(=O)C(NC(=O)OC(C)(C)C)C(C)C)C2CCC2)cc1. The number of rotatable bonds is 9. The highest BCUT2D eigenvalue weighted by molar-refractivity contribution is 6.00. The van der Waals surface area contributed by atoms with Gasteiger partial charge in [0, 0.05) is 11.7 Å². The van der Waals surface area contributed by atoms with E-state index in [4.69, 9.17) is 4.74 Å². The second-order valence-corrected chi connectivity index (χ2v) is 12.0. The van der Waals surface area contributed by atoms with Gasteiger partial charge in [-0.1, -0.05) is 63.2 Å². The molecule has 2 aromatic rings. The van der Waals surface area contributed by atoms with Crippen molar-refractivity contribution in [3.8, 4) is 0 Å². The van der Waals surface area contributed by atoms with Gasteiger partial charge in [-0.25, -0.2) is 4.79 Å². The van der Waals surface area contributed by atoms with Gasteiger partial charge in [0.25, 0.3) is 5.91 Å².